The molecule has 1 amide bonds. The van der Waals surface area contributed by atoms with Gasteiger partial charge in [0.05, 0.1) is 13.1 Å². The predicted octanol–water partition coefficient (Wildman–Crippen LogP) is 2.89. The van der Waals surface area contributed by atoms with Crippen LogP contribution in [0.4, 0.5) is 5.69 Å². The Kier molecular flexibility index (Phi) is 7.06. The summed E-state index contributed by atoms with van der Waals surface area (Å²) in [6, 6.07) is 5.83. The largest absolute Gasteiger partial charge is 0.492 e. The van der Waals surface area contributed by atoms with E-state index in [1.807, 2.05) is 44.4 Å². The highest BCUT2D eigenvalue weighted by atomic mass is 16.5. The minimum atomic E-state index is -0.0450. The number of hydrogen-bond acceptors (Lipinski definition) is 7. The third-order valence-electron chi connectivity index (χ3n) is 6.81. The van der Waals surface area contributed by atoms with E-state index in [1.165, 1.54) is 12.8 Å². The van der Waals surface area contributed by atoms with Crippen molar-refractivity contribution in [2.24, 2.45) is 0 Å². The molecular formula is C26H33N7O2. The van der Waals surface area contributed by atoms with Crippen LogP contribution in [-0.2, 0) is 17.9 Å². The number of benzene rings is 1. The molecule has 2 aliphatic rings. The molecule has 0 atom stereocenters. The number of likely N-dealkylation sites (tertiary alicyclic amines) is 1. The second-order valence-corrected chi connectivity index (χ2v) is 9.32. The van der Waals surface area contributed by atoms with Crippen LogP contribution in [0.2, 0.25) is 0 Å². The van der Waals surface area contributed by atoms with E-state index in [9.17, 15) is 4.79 Å². The van der Waals surface area contributed by atoms with E-state index in [0.717, 1.165) is 72.5 Å². The minimum absolute atomic E-state index is 0.0450. The van der Waals surface area contributed by atoms with E-state index < -0.39 is 0 Å². The van der Waals surface area contributed by atoms with Crippen LogP contribution in [-0.4, -0.2) is 74.6 Å². The molecule has 1 N–H and O–H groups in total. The summed E-state index contributed by atoms with van der Waals surface area (Å²) in [5.74, 6) is 1.74. The number of nitrogens with zero attached hydrogens (tertiary/aromatic N) is 6. The number of amides is 1. The van der Waals surface area contributed by atoms with Crippen molar-refractivity contribution in [1.29, 1.82) is 0 Å². The minimum Gasteiger partial charge on any atom is -0.492 e. The highest BCUT2D eigenvalue weighted by molar-refractivity contribution is 5.93. The molecule has 1 fully saturated rings. The monoisotopic (exact) mass is 475 g/mol. The molecule has 2 aromatic heterocycles. The summed E-state index contributed by atoms with van der Waals surface area (Å²) in [7, 11) is 0. The van der Waals surface area contributed by atoms with E-state index in [0.29, 0.717) is 19.7 Å². The fourth-order valence-electron chi connectivity index (χ4n) is 4.96. The average Bonchev–Trinajstić information content (AvgIpc) is 3.52. The molecule has 4 heterocycles. The highest BCUT2D eigenvalue weighted by Gasteiger charge is 2.20. The van der Waals surface area contributed by atoms with E-state index >= 15 is 0 Å². The van der Waals surface area contributed by atoms with Crippen molar-refractivity contribution >= 4 is 11.6 Å². The van der Waals surface area contributed by atoms with Gasteiger partial charge in [0.15, 0.2) is 0 Å². The van der Waals surface area contributed by atoms with Crippen LogP contribution in [0.15, 0.2) is 36.9 Å². The smallest absolute Gasteiger partial charge is 0.238 e. The SMILES string of the molecule is Cc1ncnc(C)c1-c1cc(NC(=O)CN2CCn3ccnc3C2)ccc1OCCN1CCCC1. The van der Waals surface area contributed by atoms with Gasteiger partial charge in [0.2, 0.25) is 5.91 Å². The van der Waals surface area contributed by atoms with Crippen LogP contribution < -0.4 is 10.1 Å². The maximum Gasteiger partial charge on any atom is 0.238 e. The fraction of sp³-hybridized carbons (Fsp3) is 0.462. The quantitative estimate of drug-likeness (QED) is 0.536. The van der Waals surface area contributed by atoms with Gasteiger partial charge in [0, 0.05) is 60.2 Å². The fourth-order valence-corrected chi connectivity index (χ4v) is 4.96. The van der Waals surface area contributed by atoms with Gasteiger partial charge in [0.1, 0.15) is 24.5 Å². The highest BCUT2D eigenvalue weighted by Crippen LogP contribution is 2.35. The lowest BCUT2D eigenvalue weighted by atomic mass is 10.0. The molecule has 9 nitrogen and oxygen atoms in total. The van der Waals surface area contributed by atoms with Crippen molar-refractivity contribution < 1.29 is 9.53 Å². The molecule has 0 saturated carbocycles. The molecule has 184 valence electrons. The second kappa shape index (κ2) is 10.5. The van der Waals surface area contributed by atoms with Gasteiger partial charge in [-0.25, -0.2) is 15.0 Å². The van der Waals surface area contributed by atoms with Gasteiger partial charge in [-0.2, -0.15) is 0 Å². The van der Waals surface area contributed by atoms with Crippen molar-refractivity contribution in [3.05, 3.63) is 54.1 Å². The molecule has 3 aromatic rings. The third kappa shape index (κ3) is 5.52. The molecule has 1 aromatic carbocycles. The molecule has 0 bridgehead atoms. The van der Waals surface area contributed by atoms with Crippen LogP contribution in [0, 0.1) is 13.8 Å². The Balaban J connectivity index is 1.31. The van der Waals surface area contributed by atoms with Crippen molar-refractivity contribution in [1.82, 2.24) is 29.3 Å². The third-order valence-corrected chi connectivity index (χ3v) is 6.81. The maximum absolute atomic E-state index is 12.9. The molecule has 0 aliphatic carbocycles. The topological polar surface area (TPSA) is 88.4 Å². The zero-order valence-electron chi connectivity index (χ0n) is 20.5. The number of carbonyl (C=O) groups is 1. The molecule has 0 spiro atoms. The Bertz CT molecular complexity index is 1170. The van der Waals surface area contributed by atoms with E-state index in [-0.39, 0.29) is 5.91 Å². The maximum atomic E-state index is 12.9. The summed E-state index contributed by atoms with van der Waals surface area (Å²) in [5.41, 5.74) is 4.35. The number of imidazole rings is 1. The summed E-state index contributed by atoms with van der Waals surface area (Å²) in [5, 5.41) is 3.07. The molecule has 5 rings (SSSR count). The summed E-state index contributed by atoms with van der Waals surface area (Å²) >= 11 is 0. The molecule has 35 heavy (non-hydrogen) atoms. The lowest BCUT2D eigenvalue weighted by Gasteiger charge is -2.26. The number of carbonyl (C=O) groups excluding carboxylic acids is 1. The molecular weight excluding hydrogens is 442 g/mol. The number of rotatable bonds is 8. The first-order chi connectivity index (χ1) is 17.1. The first kappa shape index (κ1) is 23.4. The second-order valence-electron chi connectivity index (χ2n) is 9.32. The van der Waals surface area contributed by atoms with Crippen molar-refractivity contribution in [2.75, 3.05) is 44.6 Å². The van der Waals surface area contributed by atoms with E-state index in [1.54, 1.807) is 6.33 Å². The Hall–Kier alpha value is -3.30. The summed E-state index contributed by atoms with van der Waals surface area (Å²) in [6.45, 7) is 10.4. The normalized spacial score (nSPS) is 16.3. The Morgan fingerprint density at radius 2 is 1.83 bits per heavy atom. The Labute approximate surface area is 206 Å². The van der Waals surface area contributed by atoms with Gasteiger partial charge in [0.25, 0.3) is 0 Å². The van der Waals surface area contributed by atoms with E-state index in [4.69, 9.17) is 4.74 Å². The number of hydrogen-bond donors (Lipinski definition) is 1. The van der Waals surface area contributed by atoms with Crippen molar-refractivity contribution in [3.8, 4) is 16.9 Å². The predicted molar refractivity (Wildman–Crippen MR) is 134 cm³/mol. The van der Waals surface area contributed by atoms with Crippen LogP contribution in [0.5, 0.6) is 5.75 Å². The number of ether oxygens (including phenoxy) is 1. The summed E-state index contributed by atoms with van der Waals surface area (Å²) < 4.78 is 8.38. The first-order valence-electron chi connectivity index (χ1n) is 12.4. The standard InChI is InChI=1S/C26H33N7O2/c1-19-26(20(2)29-18-28-19)22-15-21(5-6-23(22)35-14-13-31-8-3-4-9-31)30-25(34)17-32-11-12-33-10-7-27-24(33)16-32/h5-7,10,15,18H,3-4,8-9,11-14,16-17H2,1-2H3,(H,30,34). The number of anilines is 1. The lowest BCUT2D eigenvalue weighted by Crippen LogP contribution is -2.39. The zero-order chi connectivity index (χ0) is 24.2. The molecule has 2 aliphatic heterocycles. The Morgan fingerprint density at radius 1 is 1.03 bits per heavy atom. The van der Waals surface area contributed by atoms with Gasteiger partial charge in [-0.15, -0.1) is 0 Å². The van der Waals surface area contributed by atoms with Gasteiger partial charge < -0.3 is 14.6 Å². The van der Waals surface area contributed by atoms with Gasteiger partial charge >= 0.3 is 0 Å². The van der Waals surface area contributed by atoms with Crippen LogP contribution in [0.3, 0.4) is 0 Å². The average molecular weight is 476 g/mol. The van der Waals surface area contributed by atoms with Crippen LogP contribution in [0.1, 0.15) is 30.1 Å². The molecule has 0 unspecified atom stereocenters. The van der Waals surface area contributed by atoms with Crippen molar-refractivity contribution in [3.63, 3.8) is 0 Å². The van der Waals surface area contributed by atoms with E-state index in [2.05, 4.69) is 34.6 Å². The molecule has 0 radical (unpaired) electrons. The number of aromatic nitrogens is 4. The molecule has 9 heteroatoms. The zero-order valence-corrected chi connectivity index (χ0v) is 20.5. The Morgan fingerprint density at radius 3 is 2.63 bits per heavy atom. The summed E-state index contributed by atoms with van der Waals surface area (Å²) in [4.78, 5) is 30.6. The first-order valence-corrected chi connectivity index (χ1v) is 12.4. The van der Waals surface area contributed by atoms with Crippen LogP contribution in [0.25, 0.3) is 11.1 Å². The van der Waals surface area contributed by atoms with Crippen LogP contribution >= 0.6 is 0 Å². The molecule has 1 saturated heterocycles. The lowest BCUT2D eigenvalue weighted by molar-refractivity contribution is -0.117. The van der Waals surface area contributed by atoms with Gasteiger partial charge in [-0.1, -0.05) is 0 Å². The summed E-state index contributed by atoms with van der Waals surface area (Å²) in [6.07, 6.45) is 7.91. The van der Waals surface area contributed by atoms with Gasteiger partial charge in [-0.05, 0) is 58.0 Å². The van der Waals surface area contributed by atoms with Crippen molar-refractivity contribution in [2.45, 2.75) is 39.8 Å². The van der Waals surface area contributed by atoms with Gasteiger partial charge in [-0.3, -0.25) is 14.6 Å². The number of nitrogens with one attached hydrogen (secondary N) is 1. The number of fused-ring (bicyclic) bond motifs is 1. The number of aryl methyl sites for hydroxylation is 2.